The minimum absolute atomic E-state index is 0.197. The van der Waals surface area contributed by atoms with E-state index in [1.807, 2.05) is 10.8 Å². The van der Waals surface area contributed by atoms with Crippen molar-refractivity contribution in [2.45, 2.75) is 18.0 Å². The van der Waals surface area contributed by atoms with Crippen molar-refractivity contribution in [3.05, 3.63) is 36.7 Å². The van der Waals surface area contributed by atoms with E-state index in [2.05, 4.69) is 15.3 Å². The highest BCUT2D eigenvalue weighted by molar-refractivity contribution is 7.89. The number of imidazole rings is 1. The average molecular weight is 293 g/mol. The number of aromatic nitrogens is 3. The summed E-state index contributed by atoms with van der Waals surface area (Å²) in [5.74, 6) is 0.759. The minimum Gasteiger partial charge on any atom is -0.387 e. The first-order valence-electron chi connectivity index (χ1n) is 6.25. The quantitative estimate of drug-likeness (QED) is 0.892. The molecule has 20 heavy (non-hydrogen) atoms. The van der Waals surface area contributed by atoms with Crippen molar-refractivity contribution in [2.75, 3.05) is 18.9 Å². The van der Waals surface area contributed by atoms with Crippen LogP contribution < -0.4 is 5.32 Å². The van der Waals surface area contributed by atoms with Gasteiger partial charge in [0.2, 0.25) is 10.0 Å². The Morgan fingerprint density at radius 1 is 1.30 bits per heavy atom. The molecule has 1 aliphatic heterocycles. The molecule has 0 atom stereocenters. The number of hydrogen-bond donors (Lipinski definition) is 1. The highest BCUT2D eigenvalue weighted by Crippen LogP contribution is 2.25. The summed E-state index contributed by atoms with van der Waals surface area (Å²) in [6.45, 7) is 1.33. The molecule has 0 amide bonds. The van der Waals surface area contributed by atoms with Gasteiger partial charge in [-0.15, -0.1) is 0 Å². The molecule has 7 nitrogen and oxygen atoms in total. The molecule has 0 aliphatic carbocycles. The highest BCUT2D eigenvalue weighted by Gasteiger charge is 2.30. The van der Waals surface area contributed by atoms with Crippen LogP contribution in [0.4, 0.5) is 5.69 Å². The van der Waals surface area contributed by atoms with Crippen molar-refractivity contribution >= 4 is 15.7 Å². The number of rotatable bonds is 3. The summed E-state index contributed by atoms with van der Waals surface area (Å²) in [6, 6.07) is 1.65. The van der Waals surface area contributed by atoms with Crippen LogP contribution in [-0.4, -0.2) is 40.9 Å². The number of nitrogens with zero attached hydrogens (tertiary/aromatic N) is 4. The number of anilines is 1. The number of pyridine rings is 1. The Hall–Kier alpha value is -1.93. The third-order valence-electron chi connectivity index (χ3n) is 3.38. The Labute approximate surface area is 117 Å². The van der Waals surface area contributed by atoms with Crippen LogP contribution in [0.2, 0.25) is 0 Å². The summed E-state index contributed by atoms with van der Waals surface area (Å²) in [5, 5.41) is 2.89. The second kappa shape index (κ2) is 4.88. The van der Waals surface area contributed by atoms with Crippen LogP contribution in [0.5, 0.6) is 0 Å². The lowest BCUT2D eigenvalue weighted by Gasteiger charge is -2.27. The first kappa shape index (κ1) is 13.1. The summed E-state index contributed by atoms with van der Waals surface area (Å²) in [7, 11) is -1.88. The molecule has 3 heterocycles. The van der Waals surface area contributed by atoms with E-state index in [1.54, 1.807) is 25.5 Å². The Morgan fingerprint density at radius 3 is 2.95 bits per heavy atom. The van der Waals surface area contributed by atoms with Gasteiger partial charge in [-0.05, 0) is 6.07 Å². The number of sulfonamides is 1. The molecule has 0 saturated heterocycles. The summed E-state index contributed by atoms with van der Waals surface area (Å²) < 4.78 is 28.8. The van der Waals surface area contributed by atoms with Gasteiger partial charge in [0.05, 0.1) is 12.2 Å². The molecule has 106 valence electrons. The molecule has 2 aromatic heterocycles. The SMILES string of the molecule is CNc1ccncc1S(=O)(=O)N1CCn2ccnc2C1. The van der Waals surface area contributed by atoms with Crippen molar-refractivity contribution in [3.8, 4) is 0 Å². The van der Waals surface area contributed by atoms with Gasteiger partial charge in [0, 0.05) is 44.9 Å². The zero-order chi connectivity index (χ0) is 14.2. The lowest BCUT2D eigenvalue weighted by molar-refractivity contribution is 0.335. The van der Waals surface area contributed by atoms with E-state index in [9.17, 15) is 8.42 Å². The Morgan fingerprint density at radius 2 is 2.15 bits per heavy atom. The fraction of sp³-hybridized carbons (Fsp3) is 0.333. The van der Waals surface area contributed by atoms with Gasteiger partial charge in [0.25, 0.3) is 0 Å². The van der Waals surface area contributed by atoms with Gasteiger partial charge in [-0.3, -0.25) is 4.98 Å². The zero-order valence-electron chi connectivity index (χ0n) is 11.0. The molecule has 0 radical (unpaired) electrons. The third-order valence-corrected chi connectivity index (χ3v) is 5.25. The van der Waals surface area contributed by atoms with E-state index in [-0.39, 0.29) is 11.4 Å². The first-order valence-corrected chi connectivity index (χ1v) is 7.69. The first-order chi connectivity index (χ1) is 9.63. The van der Waals surface area contributed by atoms with Gasteiger partial charge in [-0.2, -0.15) is 4.31 Å². The minimum atomic E-state index is -3.57. The van der Waals surface area contributed by atoms with Crippen LogP contribution in [-0.2, 0) is 23.1 Å². The van der Waals surface area contributed by atoms with E-state index < -0.39 is 10.0 Å². The van der Waals surface area contributed by atoms with Gasteiger partial charge < -0.3 is 9.88 Å². The van der Waals surface area contributed by atoms with Crippen molar-refractivity contribution in [3.63, 3.8) is 0 Å². The van der Waals surface area contributed by atoms with E-state index in [1.165, 1.54) is 10.5 Å². The lowest BCUT2D eigenvalue weighted by atomic mass is 10.4. The largest absolute Gasteiger partial charge is 0.387 e. The Kier molecular flexibility index (Phi) is 3.19. The summed E-state index contributed by atoms with van der Waals surface area (Å²) >= 11 is 0. The third kappa shape index (κ3) is 2.06. The van der Waals surface area contributed by atoms with E-state index in [0.29, 0.717) is 18.8 Å². The monoisotopic (exact) mass is 293 g/mol. The number of fused-ring (bicyclic) bond motifs is 1. The summed E-state index contributed by atoms with van der Waals surface area (Å²) in [6.07, 6.45) is 6.49. The van der Waals surface area contributed by atoms with Crippen molar-refractivity contribution in [1.29, 1.82) is 0 Å². The predicted molar refractivity (Wildman–Crippen MR) is 73.6 cm³/mol. The maximum Gasteiger partial charge on any atom is 0.247 e. The van der Waals surface area contributed by atoms with E-state index in [4.69, 9.17) is 0 Å². The van der Waals surface area contributed by atoms with Crippen molar-refractivity contribution in [1.82, 2.24) is 18.8 Å². The fourth-order valence-corrected chi connectivity index (χ4v) is 3.82. The molecule has 1 N–H and O–H groups in total. The van der Waals surface area contributed by atoms with Gasteiger partial charge in [-0.25, -0.2) is 13.4 Å². The van der Waals surface area contributed by atoms with E-state index >= 15 is 0 Å². The van der Waals surface area contributed by atoms with Crippen LogP contribution in [0.25, 0.3) is 0 Å². The molecule has 8 heteroatoms. The van der Waals surface area contributed by atoms with Gasteiger partial charge >= 0.3 is 0 Å². The molecule has 0 fully saturated rings. The highest BCUT2D eigenvalue weighted by atomic mass is 32.2. The second-order valence-electron chi connectivity index (χ2n) is 4.50. The normalized spacial score (nSPS) is 15.8. The van der Waals surface area contributed by atoms with Gasteiger partial charge in [0.1, 0.15) is 10.7 Å². The standard InChI is InChI=1S/C12H15N5O2S/c1-13-10-2-3-14-8-11(10)20(18,19)17-7-6-16-5-4-15-12(16)9-17/h2-5,8H,6-7,9H2,1H3,(H,13,14). The van der Waals surface area contributed by atoms with Crippen LogP contribution in [0.3, 0.4) is 0 Å². The molecule has 2 aromatic rings. The smallest absolute Gasteiger partial charge is 0.247 e. The van der Waals surface area contributed by atoms with Crippen molar-refractivity contribution < 1.29 is 8.42 Å². The van der Waals surface area contributed by atoms with Crippen molar-refractivity contribution in [2.24, 2.45) is 0 Å². The molecule has 0 unspecified atom stereocenters. The molecular weight excluding hydrogens is 278 g/mol. The second-order valence-corrected chi connectivity index (χ2v) is 6.40. The average Bonchev–Trinajstić information content (AvgIpc) is 2.94. The van der Waals surface area contributed by atoms with Crippen LogP contribution in [0.1, 0.15) is 5.82 Å². The summed E-state index contributed by atoms with van der Waals surface area (Å²) in [5.41, 5.74) is 0.550. The van der Waals surface area contributed by atoms with Gasteiger partial charge in [0.15, 0.2) is 0 Å². The Bertz CT molecular complexity index is 725. The molecule has 0 bridgehead atoms. The maximum atomic E-state index is 12.7. The molecule has 0 aromatic carbocycles. The predicted octanol–water partition coefficient (Wildman–Crippen LogP) is 0.524. The maximum absolute atomic E-state index is 12.7. The number of hydrogen-bond acceptors (Lipinski definition) is 5. The molecule has 3 rings (SSSR count). The lowest BCUT2D eigenvalue weighted by Crippen LogP contribution is -2.38. The van der Waals surface area contributed by atoms with Crippen LogP contribution >= 0.6 is 0 Å². The molecule has 1 aliphatic rings. The zero-order valence-corrected chi connectivity index (χ0v) is 11.8. The van der Waals surface area contributed by atoms with Crippen LogP contribution in [0, 0.1) is 0 Å². The molecule has 0 saturated carbocycles. The topological polar surface area (TPSA) is 80.1 Å². The summed E-state index contributed by atoms with van der Waals surface area (Å²) in [4.78, 5) is 8.30. The Balaban J connectivity index is 1.97. The molecule has 0 spiro atoms. The number of nitrogens with one attached hydrogen (secondary N) is 1. The fourth-order valence-electron chi connectivity index (χ4n) is 2.29. The van der Waals surface area contributed by atoms with E-state index in [0.717, 1.165) is 5.82 Å². The molecular formula is C12H15N5O2S. The van der Waals surface area contributed by atoms with Crippen LogP contribution in [0.15, 0.2) is 35.7 Å². The van der Waals surface area contributed by atoms with Gasteiger partial charge in [-0.1, -0.05) is 0 Å².